The first kappa shape index (κ1) is 25.3. The van der Waals surface area contributed by atoms with Crippen molar-refractivity contribution in [2.75, 3.05) is 13.2 Å². The second kappa shape index (κ2) is 12.2. The smallest absolute Gasteiger partial charge is 0.310 e. The number of hydrogen-bond donors (Lipinski definition) is 3. The molecule has 7 nitrogen and oxygen atoms in total. The number of oxime groups is 1. The maximum absolute atomic E-state index is 11.1. The van der Waals surface area contributed by atoms with Crippen LogP contribution in [-0.4, -0.2) is 40.3 Å². The molecule has 0 fully saturated rings. The Bertz CT molecular complexity index is 960. The normalized spacial score (nSPS) is 12.4. The lowest BCUT2D eigenvalue weighted by Crippen LogP contribution is -2.09. The number of ether oxygens (including phenoxy) is 2. The minimum atomic E-state index is -0.914. The van der Waals surface area contributed by atoms with Crippen LogP contribution in [0.1, 0.15) is 62.6 Å². The topological polar surface area (TPSA) is 109 Å². The van der Waals surface area contributed by atoms with E-state index >= 15 is 0 Å². The third-order valence-corrected chi connectivity index (χ3v) is 5.43. The van der Waals surface area contributed by atoms with Gasteiger partial charge in [0.1, 0.15) is 17.2 Å². The summed E-state index contributed by atoms with van der Waals surface area (Å²) in [7, 11) is 0. The Labute approximate surface area is 193 Å². The van der Waals surface area contributed by atoms with E-state index in [1.807, 2.05) is 13.8 Å². The van der Waals surface area contributed by atoms with Crippen molar-refractivity contribution in [1.29, 1.82) is 0 Å². The standard InChI is InChI=1S/C24H30ClNO6/c1-4-7-18-21(11-9-17(23(18)27)20(5-2)26-30)31-12-6-13-32-22-10-8-16(14-19(22)25)15(3)24(28)29/h8-11,14-15,27,30H,4-7,12-13H2,1-3H3,(H,28,29). The summed E-state index contributed by atoms with van der Waals surface area (Å²) in [5.41, 5.74) is 2.22. The Kier molecular flexibility index (Phi) is 9.65. The van der Waals surface area contributed by atoms with Crippen molar-refractivity contribution in [3.63, 3.8) is 0 Å². The lowest BCUT2D eigenvalue weighted by Gasteiger charge is -2.16. The van der Waals surface area contributed by atoms with E-state index in [1.54, 1.807) is 37.3 Å². The first-order chi connectivity index (χ1) is 15.3. The minimum absolute atomic E-state index is 0.0812. The number of benzene rings is 2. The van der Waals surface area contributed by atoms with Gasteiger partial charge < -0.3 is 24.9 Å². The molecule has 0 saturated heterocycles. The van der Waals surface area contributed by atoms with Crippen molar-refractivity contribution >= 4 is 23.3 Å². The average molecular weight is 464 g/mol. The predicted molar refractivity (Wildman–Crippen MR) is 124 cm³/mol. The molecule has 8 heteroatoms. The quantitative estimate of drug-likeness (QED) is 0.163. The monoisotopic (exact) mass is 463 g/mol. The highest BCUT2D eigenvalue weighted by molar-refractivity contribution is 6.32. The van der Waals surface area contributed by atoms with Crippen LogP contribution in [0.15, 0.2) is 35.5 Å². The molecule has 0 aliphatic carbocycles. The van der Waals surface area contributed by atoms with Gasteiger partial charge in [-0.25, -0.2) is 0 Å². The van der Waals surface area contributed by atoms with Gasteiger partial charge in [0.25, 0.3) is 0 Å². The molecule has 0 aromatic heterocycles. The van der Waals surface area contributed by atoms with Gasteiger partial charge in [-0.05, 0) is 49.6 Å². The van der Waals surface area contributed by atoms with Crippen LogP contribution in [-0.2, 0) is 11.2 Å². The molecule has 3 N–H and O–H groups in total. The fourth-order valence-corrected chi connectivity index (χ4v) is 3.51. The molecule has 1 unspecified atom stereocenters. The largest absolute Gasteiger partial charge is 0.507 e. The van der Waals surface area contributed by atoms with Crippen molar-refractivity contribution in [1.82, 2.24) is 0 Å². The van der Waals surface area contributed by atoms with E-state index < -0.39 is 11.9 Å². The van der Waals surface area contributed by atoms with Gasteiger partial charge >= 0.3 is 5.97 Å². The number of hydrogen-bond acceptors (Lipinski definition) is 6. The van der Waals surface area contributed by atoms with Gasteiger partial charge in [0.05, 0.1) is 29.9 Å². The maximum Gasteiger partial charge on any atom is 0.310 e. The summed E-state index contributed by atoms with van der Waals surface area (Å²) in [5, 5.41) is 32.6. The molecule has 0 bridgehead atoms. The van der Waals surface area contributed by atoms with Gasteiger partial charge in [-0.15, -0.1) is 0 Å². The summed E-state index contributed by atoms with van der Waals surface area (Å²) in [5.74, 6) is -0.406. The summed E-state index contributed by atoms with van der Waals surface area (Å²) in [6.07, 6.45) is 2.52. The van der Waals surface area contributed by atoms with Gasteiger partial charge in [0.15, 0.2) is 0 Å². The molecular weight excluding hydrogens is 434 g/mol. The molecular formula is C24H30ClNO6. The van der Waals surface area contributed by atoms with Crippen LogP contribution in [0, 0.1) is 0 Å². The van der Waals surface area contributed by atoms with Crippen LogP contribution in [0.2, 0.25) is 5.02 Å². The Hall–Kier alpha value is -2.93. The second-order valence-electron chi connectivity index (χ2n) is 7.39. The molecule has 0 aliphatic rings. The number of phenols is 1. The van der Waals surface area contributed by atoms with E-state index in [2.05, 4.69) is 5.16 Å². The summed E-state index contributed by atoms with van der Waals surface area (Å²) in [6, 6.07) is 8.44. The Balaban J connectivity index is 1.96. The van der Waals surface area contributed by atoms with E-state index in [0.29, 0.717) is 71.4 Å². The van der Waals surface area contributed by atoms with Crippen LogP contribution in [0.5, 0.6) is 17.2 Å². The SMILES string of the molecule is CCCc1c(OCCCOc2ccc(C(C)C(=O)O)cc2Cl)ccc(C(CC)=NO)c1O. The maximum atomic E-state index is 11.1. The number of halogens is 1. The molecule has 0 heterocycles. The number of phenolic OH excluding ortho intramolecular Hbond substituents is 1. The molecule has 2 aromatic carbocycles. The van der Waals surface area contributed by atoms with E-state index in [9.17, 15) is 15.1 Å². The van der Waals surface area contributed by atoms with E-state index in [-0.39, 0.29) is 5.75 Å². The van der Waals surface area contributed by atoms with Crippen LogP contribution in [0.3, 0.4) is 0 Å². The van der Waals surface area contributed by atoms with Crippen LogP contribution in [0.4, 0.5) is 0 Å². The average Bonchev–Trinajstić information content (AvgIpc) is 2.78. The van der Waals surface area contributed by atoms with Gasteiger partial charge in [0, 0.05) is 17.5 Å². The van der Waals surface area contributed by atoms with Crippen molar-refractivity contribution < 1.29 is 29.7 Å². The van der Waals surface area contributed by atoms with E-state index in [4.69, 9.17) is 26.2 Å². The second-order valence-corrected chi connectivity index (χ2v) is 7.80. The fraction of sp³-hybridized carbons (Fsp3) is 0.417. The zero-order valence-electron chi connectivity index (χ0n) is 18.6. The molecule has 0 radical (unpaired) electrons. The molecule has 0 saturated carbocycles. The van der Waals surface area contributed by atoms with E-state index in [1.165, 1.54) is 0 Å². The summed E-state index contributed by atoms with van der Waals surface area (Å²) >= 11 is 6.22. The van der Waals surface area contributed by atoms with E-state index in [0.717, 1.165) is 6.42 Å². The predicted octanol–water partition coefficient (Wildman–Crippen LogP) is 5.62. The van der Waals surface area contributed by atoms with Gasteiger partial charge in [0.2, 0.25) is 0 Å². The summed E-state index contributed by atoms with van der Waals surface area (Å²) < 4.78 is 11.6. The molecule has 2 rings (SSSR count). The highest BCUT2D eigenvalue weighted by Crippen LogP contribution is 2.34. The van der Waals surface area contributed by atoms with Crippen molar-refractivity contribution in [3.8, 4) is 17.2 Å². The molecule has 32 heavy (non-hydrogen) atoms. The zero-order chi connectivity index (χ0) is 23.7. The number of aromatic hydroxyl groups is 1. The number of nitrogens with zero attached hydrogens (tertiary/aromatic N) is 1. The first-order valence-corrected chi connectivity index (χ1v) is 11.1. The van der Waals surface area contributed by atoms with Crippen LogP contribution in [0.25, 0.3) is 0 Å². The third kappa shape index (κ3) is 6.29. The lowest BCUT2D eigenvalue weighted by atomic mass is 9.99. The fourth-order valence-electron chi connectivity index (χ4n) is 3.26. The van der Waals surface area contributed by atoms with Crippen LogP contribution >= 0.6 is 11.6 Å². The van der Waals surface area contributed by atoms with Crippen molar-refractivity contribution in [2.45, 2.75) is 52.4 Å². The minimum Gasteiger partial charge on any atom is -0.507 e. The number of carboxylic acid groups (broad SMARTS) is 1. The first-order valence-electron chi connectivity index (χ1n) is 10.7. The highest BCUT2D eigenvalue weighted by Gasteiger charge is 2.17. The Morgan fingerprint density at radius 1 is 1.12 bits per heavy atom. The zero-order valence-corrected chi connectivity index (χ0v) is 19.4. The van der Waals surface area contributed by atoms with Gasteiger partial charge in [-0.1, -0.05) is 43.1 Å². The Morgan fingerprint density at radius 3 is 2.34 bits per heavy atom. The van der Waals surface area contributed by atoms with Gasteiger partial charge in [-0.2, -0.15) is 0 Å². The molecule has 2 aromatic rings. The number of aliphatic carboxylic acids is 1. The molecule has 1 atom stereocenters. The molecule has 174 valence electrons. The molecule has 0 aliphatic heterocycles. The van der Waals surface area contributed by atoms with Crippen molar-refractivity contribution in [2.24, 2.45) is 5.16 Å². The lowest BCUT2D eigenvalue weighted by molar-refractivity contribution is -0.138. The number of rotatable bonds is 12. The van der Waals surface area contributed by atoms with Gasteiger partial charge in [-0.3, -0.25) is 4.79 Å². The highest BCUT2D eigenvalue weighted by atomic mass is 35.5. The summed E-state index contributed by atoms with van der Waals surface area (Å²) in [4.78, 5) is 11.1. The number of carboxylic acids is 1. The van der Waals surface area contributed by atoms with Crippen LogP contribution < -0.4 is 9.47 Å². The number of carbonyl (C=O) groups is 1. The van der Waals surface area contributed by atoms with Crippen molar-refractivity contribution in [3.05, 3.63) is 52.0 Å². The summed E-state index contributed by atoms with van der Waals surface area (Å²) in [6.45, 7) is 6.19. The molecule has 0 amide bonds. The third-order valence-electron chi connectivity index (χ3n) is 5.14. The molecule has 0 spiro atoms. The Morgan fingerprint density at radius 2 is 1.78 bits per heavy atom.